The molecule has 1 unspecified atom stereocenters. The molecule has 0 spiro atoms. The highest BCUT2D eigenvalue weighted by molar-refractivity contribution is 5.85. The third-order valence-electron chi connectivity index (χ3n) is 5.48. The fourth-order valence-corrected chi connectivity index (χ4v) is 4.01. The number of amides is 1. The lowest BCUT2D eigenvalue weighted by Crippen LogP contribution is -2.40. The molecule has 0 aromatic rings. The van der Waals surface area contributed by atoms with Crippen molar-refractivity contribution in [3.05, 3.63) is 0 Å². The van der Waals surface area contributed by atoms with Crippen LogP contribution in [0.5, 0.6) is 0 Å². The predicted molar refractivity (Wildman–Crippen MR) is 101 cm³/mol. The van der Waals surface area contributed by atoms with E-state index < -0.39 is 0 Å². The van der Waals surface area contributed by atoms with E-state index in [1.807, 2.05) is 0 Å². The summed E-state index contributed by atoms with van der Waals surface area (Å²) in [7, 11) is 0. The fraction of sp³-hybridized carbons (Fsp3) is 0.941. The third kappa shape index (κ3) is 6.68. The summed E-state index contributed by atoms with van der Waals surface area (Å²) < 4.78 is 5.40. The van der Waals surface area contributed by atoms with E-state index in [1.54, 1.807) is 0 Å². The lowest BCUT2D eigenvalue weighted by molar-refractivity contribution is -0.130. The van der Waals surface area contributed by atoms with Crippen LogP contribution in [0.4, 0.5) is 0 Å². The van der Waals surface area contributed by atoms with E-state index in [-0.39, 0.29) is 24.8 Å². The molecule has 24 heavy (non-hydrogen) atoms. The molecule has 0 saturated carbocycles. The molecule has 0 radical (unpaired) electrons. The minimum Gasteiger partial charge on any atom is -0.379 e. The molecule has 3 rings (SSSR count). The van der Waals surface area contributed by atoms with Crippen LogP contribution in [0.15, 0.2) is 0 Å². The first-order chi connectivity index (χ1) is 10.8. The number of carbonyl (C=O) groups excluding carboxylic acids is 1. The molecule has 1 atom stereocenters. The van der Waals surface area contributed by atoms with Crippen molar-refractivity contribution >= 4 is 30.7 Å². The summed E-state index contributed by atoms with van der Waals surface area (Å²) in [5, 5.41) is 3.39. The van der Waals surface area contributed by atoms with Crippen molar-refractivity contribution in [3.63, 3.8) is 0 Å². The van der Waals surface area contributed by atoms with Crippen molar-refractivity contribution in [2.75, 3.05) is 59.0 Å². The zero-order chi connectivity index (χ0) is 15.2. The van der Waals surface area contributed by atoms with E-state index in [1.165, 1.54) is 19.3 Å². The molecule has 3 aliphatic rings. The van der Waals surface area contributed by atoms with Gasteiger partial charge in [-0.15, -0.1) is 24.8 Å². The zero-order valence-electron chi connectivity index (χ0n) is 14.6. The first-order valence-corrected chi connectivity index (χ1v) is 9.10. The van der Waals surface area contributed by atoms with Gasteiger partial charge >= 0.3 is 0 Å². The summed E-state index contributed by atoms with van der Waals surface area (Å²) in [6.45, 7) is 9.19. The minimum absolute atomic E-state index is 0. The Morgan fingerprint density at radius 2 is 1.71 bits per heavy atom. The maximum Gasteiger partial charge on any atom is 0.222 e. The first-order valence-electron chi connectivity index (χ1n) is 9.10. The zero-order valence-corrected chi connectivity index (χ0v) is 16.2. The number of likely N-dealkylation sites (tertiary alicyclic amines) is 1. The maximum atomic E-state index is 12.4. The van der Waals surface area contributed by atoms with Crippen LogP contribution < -0.4 is 5.32 Å². The van der Waals surface area contributed by atoms with Gasteiger partial charge in [-0.05, 0) is 50.6 Å². The molecule has 3 aliphatic heterocycles. The summed E-state index contributed by atoms with van der Waals surface area (Å²) in [5.41, 5.74) is 0. The summed E-state index contributed by atoms with van der Waals surface area (Å²) in [6.07, 6.45) is 5.51. The molecular weight excluding hydrogens is 349 g/mol. The van der Waals surface area contributed by atoms with Gasteiger partial charge in [0.25, 0.3) is 0 Å². The van der Waals surface area contributed by atoms with Crippen molar-refractivity contribution in [2.45, 2.75) is 32.1 Å². The largest absolute Gasteiger partial charge is 0.379 e. The van der Waals surface area contributed by atoms with Gasteiger partial charge in [0.2, 0.25) is 5.91 Å². The predicted octanol–water partition coefficient (Wildman–Crippen LogP) is 1.79. The van der Waals surface area contributed by atoms with Gasteiger partial charge in [0.05, 0.1) is 13.2 Å². The lowest BCUT2D eigenvalue weighted by Gasteiger charge is -2.29. The monoisotopic (exact) mass is 381 g/mol. The molecule has 3 heterocycles. The Morgan fingerprint density at radius 1 is 1.00 bits per heavy atom. The average molecular weight is 382 g/mol. The molecule has 3 saturated heterocycles. The second-order valence-electron chi connectivity index (χ2n) is 7.14. The number of carbonyl (C=O) groups is 1. The fourth-order valence-electron chi connectivity index (χ4n) is 4.01. The Kier molecular flexibility index (Phi) is 10.6. The number of rotatable bonds is 5. The van der Waals surface area contributed by atoms with E-state index in [0.717, 1.165) is 77.8 Å². The number of hydrogen-bond donors (Lipinski definition) is 1. The number of hydrogen-bond acceptors (Lipinski definition) is 4. The highest BCUT2D eigenvalue weighted by Crippen LogP contribution is 2.22. The molecule has 3 fully saturated rings. The first kappa shape index (κ1) is 22.0. The summed E-state index contributed by atoms with van der Waals surface area (Å²) >= 11 is 0. The molecule has 0 aromatic heterocycles. The number of ether oxygens (including phenoxy) is 1. The quantitative estimate of drug-likeness (QED) is 0.788. The Labute approximate surface area is 158 Å². The highest BCUT2D eigenvalue weighted by atomic mass is 35.5. The van der Waals surface area contributed by atoms with Gasteiger partial charge in [-0.1, -0.05) is 0 Å². The van der Waals surface area contributed by atoms with Crippen LogP contribution in [-0.4, -0.2) is 74.7 Å². The maximum absolute atomic E-state index is 12.4. The number of nitrogens with zero attached hydrogens (tertiary/aromatic N) is 2. The summed E-state index contributed by atoms with van der Waals surface area (Å²) in [6, 6.07) is 0. The van der Waals surface area contributed by atoms with Crippen molar-refractivity contribution < 1.29 is 9.53 Å². The molecule has 0 bridgehead atoms. The highest BCUT2D eigenvalue weighted by Gasteiger charge is 2.28. The van der Waals surface area contributed by atoms with Crippen molar-refractivity contribution in [1.29, 1.82) is 0 Å². The molecular formula is C17H33Cl2N3O2. The number of halogens is 2. The Balaban J connectivity index is 0.00000144. The molecule has 1 N–H and O–H groups in total. The van der Waals surface area contributed by atoms with E-state index in [0.29, 0.717) is 11.8 Å². The van der Waals surface area contributed by atoms with Gasteiger partial charge in [-0.2, -0.15) is 0 Å². The summed E-state index contributed by atoms with van der Waals surface area (Å²) in [4.78, 5) is 17.0. The topological polar surface area (TPSA) is 44.8 Å². The molecule has 7 heteroatoms. The molecule has 0 aromatic carbocycles. The Bertz CT molecular complexity index is 362. The van der Waals surface area contributed by atoms with Gasteiger partial charge in [0.15, 0.2) is 0 Å². The smallest absolute Gasteiger partial charge is 0.222 e. The van der Waals surface area contributed by atoms with Gasteiger partial charge in [-0.25, -0.2) is 0 Å². The Hall–Kier alpha value is -0.0700. The van der Waals surface area contributed by atoms with Crippen LogP contribution in [0.3, 0.4) is 0 Å². The summed E-state index contributed by atoms with van der Waals surface area (Å²) in [5.74, 6) is 1.82. The standard InChI is InChI=1S/C17H31N3O2.2ClH/c21-17(2-1-15-3-6-18-7-4-15)20-8-5-16(14-20)13-19-9-11-22-12-10-19;;/h15-16,18H,1-14H2;2*1H. The molecule has 142 valence electrons. The van der Waals surface area contributed by atoms with E-state index in [2.05, 4.69) is 15.1 Å². The van der Waals surface area contributed by atoms with Crippen LogP contribution in [0.25, 0.3) is 0 Å². The lowest BCUT2D eigenvalue weighted by atomic mass is 9.93. The number of piperidine rings is 1. The van der Waals surface area contributed by atoms with Gasteiger partial charge in [-0.3, -0.25) is 9.69 Å². The number of morpholine rings is 1. The third-order valence-corrected chi connectivity index (χ3v) is 5.48. The molecule has 5 nitrogen and oxygen atoms in total. The van der Waals surface area contributed by atoms with E-state index in [4.69, 9.17) is 4.74 Å². The van der Waals surface area contributed by atoms with Crippen molar-refractivity contribution in [2.24, 2.45) is 11.8 Å². The average Bonchev–Trinajstić information content (AvgIpc) is 3.03. The van der Waals surface area contributed by atoms with E-state index >= 15 is 0 Å². The van der Waals surface area contributed by atoms with Crippen LogP contribution in [0, 0.1) is 11.8 Å². The van der Waals surface area contributed by atoms with Crippen LogP contribution in [0.1, 0.15) is 32.1 Å². The minimum atomic E-state index is 0. The van der Waals surface area contributed by atoms with Crippen molar-refractivity contribution in [3.8, 4) is 0 Å². The van der Waals surface area contributed by atoms with Gasteiger partial charge in [0.1, 0.15) is 0 Å². The second kappa shape index (κ2) is 11.5. The van der Waals surface area contributed by atoms with Crippen LogP contribution >= 0.6 is 24.8 Å². The second-order valence-corrected chi connectivity index (χ2v) is 7.14. The molecule has 1 amide bonds. The van der Waals surface area contributed by atoms with Crippen LogP contribution in [0.2, 0.25) is 0 Å². The van der Waals surface area contributed by atoms with Crippen molar-refractivity contribution in [1.82, 2.24) is 15.1 Å². The van der Waals surface area contributed by atoms with Crippen LogP contribution in [-0.2, 0) is 9.53 Å². The van der Waals surface area contributed by atoms with Gasteiger partial charge in [0, 0.05) is 39.1 Å². The molecule has 0 aliphatic carbocycles. The van der Waals surface area contributed by atoms with E-state index in [9.17, 15) is 4.79 Å². The number of nitrogens with one attached hydrogen (secondary N) is 1. The van der Waals surface area contributed by atoms with Gasteiger partial charge < -0.3 is 15.0 Å². The normalized spacial score (nSPS) is 25.8. The Morgan fingerprint density at radius 3 is 2.42 bits per heavy atom. The SMILES string of the molecule is Cl.Cl.O=C(CCC1CCNCC1)N1CCC(CN2CCOCC2)C1.